The molecule has 0 aromatic heterocycles. The average molecular weight is 659 g/mol. The Morgan fingerprint density at radius 2 is 0.633 bits per heavy atom. The van der Waals surface area contributed by atoms with Crippen molar-refractivity contribution in [3.63, 3.8) is 0 Å². The van der Waals surface area contributed by atoms with E-state index >= 15 is 0 Å². The SMILES string of the molecule is CCCCCCc1cc(Cc2ccc(CCCCCCCCCc3ccc(Cc4ccc(N)c(CCCCCC)c4)cc3)cc2)ccc1N. The molecule has 0 heterocycles. The normalized spacial score (nSPS) is 11.3. The van der Waals surface area contributed by atoms with Crippen LogP contribution >= 0.6 is 0 Å². The van der Waals surface area contributed by atoms with E-state index in [0.717, 1.165) is 37.1 Å². The predicted molar refractivity (Wildman–Crippen MR) is 216 cm³/mol. The van der Waals surface area contributed by atoms with E-state index in [1.54, 1.807) is 0 Å². The van der Waals surface area contributed by atoms with E-state index in [1.807, 2.05) is 0 Å². The topological polar surface area (TPSA) is 52.0 Å². The molecular formula is C47H66N2. The lowest BCUT2D eigenvalue weighted by molar-refractivity contribution is 0.579. The molecule has 2 heteroatoms. The van der Waals surface area contributed by atoms with Gasteiger partial charge in [-0.25, -0.2) is 0 Å². The number of hydrogen-bond acceptors (Lipinski definition) is 2. The molecule has 0 amide bonds. The number of unbranched alkanes of at least 4 members (excludes halogenated alkanes) is 12. The van der Waals surface area contributed by atoms with Gasteiger partial charge >= 0.3 is 0 Å². The van der Waals surface area contributed by atoms with Gasteiger partial charge in [0, 0.05) is 11.4 Å². The fourth-order valence-corrected chi connectivity index (χ4v) is 7.12. The summed E-state index contributed by atoms with van der Waals surface area (Å²) < 4.78 is 0. The third-order valence-corrected chi connectivity index (χ3v) is 10.3. The van der Waals surface area contributed by atoms with Crippen molar-refractivity contribution in [2.45, 2.75) is 149 Å². The van der Waals surface area contributed by atoms with Crippen molar-refractivity contribution >= 4 is 11.4 Å². The lowest BCUT2D eigenvalue weighted by atomic mass is 9.97. The Bertz CT molecular complexity index is 1350. The molecule has 0 bridgehead atoms. The highest BCUT2D eigenvalue weighted by molar-refractivity contribution is 5.50. The van der Waals surface area contributed by atoms with E-state index in [2.05, 4.69) is 98.8 Å². The summed E-state index contributed by atoms with van der Waals surface area (Å²) >= 11 is 0. The van der Waals surface area contributed by atoms with Crippen molar-refractivity contribution in [3.05, 3.63) is 129 Å². The number of benzene rings is 4. The minimum Gasteiger partial charge on any atom is -0.399 e. The second-order valence-electron chi connectivity index (χ2n) is 14.6. The highest BCUT2D eigenvalue weighted by Crippen LogP contribution is 2.22. The second-order valence-corrected chi connectivity index (χ2v) is 14.6. The minimum absolute atomic E-state index is 0.949. The third kappa shape index (κ3) is 14.5. The van der Waals surface area contributed by atoms with Crippen LogP contribution in [0.25, 0.3) is 0 Å². The van der Waals surface area contributed by atoms with E-state index in [0.29, 0.717) is 0 Å². The molecule has 0 radical (unpaired) electrons. The molecular weight excluding hydrogens is 593 g/mol. The van der Waals surface area contributed by atoms with E-state index in [4.69, 9.17) is 11.5 Å². The first-order valence-corrected chi connectivity index (χ1v) is 19.9. The summed E-state index contributed by atoms with van der Waals surface area (Å²) in [6, 6.07) is 31.9. The van der Waals surface area contributed by atoms with Crippen LogP contribution in [0, 0.1) is 0 Å². The Hall–Kier alpha value is -3.52. The summed E-state index contributed by atoms with van der Waals surface area (Å²) in [5.74, 6) is 0. The zero-order valence-corrected chi connectivity index (χ0v) is 31.1. The quantitative estimate of drug-likeness (QED) is 0.0581. The van der Waals surface area contributed by atoms with Crippen molar-refractivity contribution in [3.8, 4) is 0 Å². The maximum absolute atomic E-state index is 6.28. The summed E-state index contributed by atoms with van der Waals surface area (Å²) in [5, 5.41) is 0. The highest BCUT2D eigenvalue weighted by Gasteiger charge is 2.06. The molecule has 264 valence electrons. The first kappa shape index (κ1) is 38.3. The molecule has 2 nitrogen and oxygen atoms in total. The van der Waals surface area contributed by atoms with Crippen LogP contribution in [0.3, 0.4) is 0 Å². The highest BCUT2D eigenvalue weighted by atomic mass is 14.6. The zero-order valence-electron chi connectivity index (χ0n) is 31.1. The summed E-state index contributed by atoms with van der Waals surface area (Å²) in [4.78, 5) is 0. The summed E-state index contributed by atoms with van der Waals surface area (Å²) in [7, 11) is 0. The van der Waals surface area contributed by atoms with Crippen LogP contribution in [-0.2, 0) is 38.5 Å². The third-order valence-electron chi connectivity index (χ3n) is 10.3. The van der Waals surface area contributed by atoms with Gasteiger partial charge in [-0.15, -0.1) is 0 Å². The largest absolute Gasteiger partial charge is 0.399 e. The van der Waals surface area contributed by atoms with Crippen LogP contribution < -0.4 is 11.5 Å². The van der Waals surface area contributed by atoms with Gasteiger partial charge in [0.1, 0.15) is 0 Å². The van der Waals surface area contributed by atoms with Crippen LogP contribution in [0.2, 0.25) is 0 Å². The van der Waals surface area contributed by atoms with Gasteiger partial charge in [-0.05, 0) is 121 Å². The molecule has 0 fully saturated rings. The van der Waals surface area contributed by atoms with Crippen molar-refractivity contribution in [1.29, 1.82) is 0 Å². The van der Waals surface area contributed by atoms with Crippen molar-refractivity contribution in [2.75, 3.05) is 11.5 Å². The van der Waals surface area contributed by atoms with E-state index < -0.39 is 0 Å². The average Bonchev–Trinajstić information content (AvgIpc) is 3.11. The van der Waals surface area contributed by atoms with E-state index in [9.17, 15) is 0 Å². The molecule has 0 spiro atoms. The molecule has 0 aliphatic heterocycles. The van der Waals surface area contributed by atoms with Crippen molar-refractivity contribution in [2.24, 2.45) is 0 Å². The maximum atomic E-state index is 6.28. The lowest BCUT2D eigenvalue weighted by Gasteiger charge is -2.10. The second kappa shape index (κ2) is 22.2. The minimum atomic E-state index is 0.949. The van der Waals surface area contributed by atoms with Gasteiger partial charge in [-0.2, -0.15) is 0 Å². The molecule has 4 aromatic carbocycles. The molecule has 0 saturated carbocycles. The van der Waals surface area contributed by atoms with Crippen molar-refractivity contribution < 1.29 is 0 Å². The fourth-order valence-electron chi connectivity index (χ4n) is 7.12. The van der Waals surface area contributed by atoms with Crippen LogP contribution in [0.5, 0.6) is 0 Å². The first-order chi connectivity index (χ1) is 24.0. The number of hydrogen-bond donors (Lipinski definition) is 2. The molecule has 0 aliphatic carbocycles. The van der Waals surface area contributed by atoms with E-state index in [1.165, 1.54) is 154 Å². The smallest absolute Gasteiger partial charge is 0.0346 e. The molecule has 4 N–H and O–H groups in total. The Kier molecular flexibility index (Phi) is 17.4. The molecule has 0 unspecified atom stereocenters. The van der Waals surface area contributed by atoms with Crippen molar-refractivity contribution in [1.82, 2.24) is 0 Å². The first-order valence-electron chi connectivity index (χ1n) is 19.9. The molecule has 49 heavy (non-hydrogen) atoms. The van der Waals surface area contributed by atoms with Crippen LogP contribution in [0.1, 0.15) is 155 Å². The summed E-state index contributed by atoms with van der Waals surface area (Å²) in [6.45, 7) is 4.53. The fraction of sp³-hybridized carbons (Fsp3) is 0.489. The Morgan fingerprint density at radius 3 is 1.02 bits per heavy atom. The number of anilines is 2. The van der Waals surface area contributed by atoms with Gasteiger partial charge in [-0.1, -0.05) is 157 Å². The molecule has 0 saturated heterocycles. The summed E-state index contributed by atoms with van der Waals surface area (Å²) in [5.41, 5.74) is 25.6. The van der Waals surface area contributed by atoms with E-state index in [-0.39, 0.29) is 0 Å². The molecule has 4 aromatic rings. The molecule has 0 atom stereocenters. The molecule has 0 aliphatic rings. The van der Waals surface area contributed by atoms with Gasteiger partial charge in [0.05, 0.1) is 0 Å². The number of rotatable bonds is 24. The van der Waals surface area contributed by atoms with Crippen LogP contribution in [0.4, 0.5) is 11.4 Å². The van der Waals surface area contributed by atoms with Gasteiger partial charge < -0.3 is 11.5 Å². The Morgan fingerprint density at radius 1 is 0.327 bits per heavy atom. The Labute approximate surface area is 300 Å². The monoisotopic (exact) mass is 659 g/mol. The zero-order chi connectivity index (χ0) is 34.5. The van der Waals surface area contributed by atoms with Gasteiger partial charge in [0.15, 0.2) is 0 Å². The number of aryl methyl sites for hydroxylation is 4. The number of nitrogen functional groups attached to an aromatic ring is 2. The van der Waals surface area contributed by atoms with Crippen LogP contribution in [-0.4, -0.2) is 0 Å². The Balaban J connectivity index is 1.05. The number of nitrogens with two attached hydrogens (primary N) is 2. The van der Waals surface area contributed by atoms with Crippen LogP contribution in [0.15, 0.2) is 84.9 Å². The van der Waals surface area contributed by atoms with Gasteiger partial charge in [0.2, 0.25) is 0 Å². The van der Waals surface area contributed by atoms with Gasteiger partial charge in [-0.3, -0.25) is 0 Å². The standard InChI is InChI=1S/C47H66N2/c1-3-5-7-16-20-44-36-42(30-32-46(44)48)34-40-26-22-38(23-27-40)18-14-12-10-9-11-13-15-19-39-24-28-41(29-25-39)35-43-31-33-47(49)45(37-43)21-17-8-6-4-2/h22-33,36-37H,3-21,34-35,48-49H2,1-2H3. The lowest BCUT2D eigenvalue weighted by Crippen LogP contribution is -1.98. The predicted octanol–water partition coefficient (Wildman–Crippen LogP) is 12.8. The summed E-state index contributed by atoms with van der Waals surface area (Å²) in [6.07, 6.45) is 26.1. The van der Waals surface area contributed by atoms with Gasteiger partial charge in [0.25, 0.3) is 0 Å². The molecule has 4 rings (SSSR count). The maximum Gasteiger partial charge on any atom is 0.0346 e.